The van der Waals surface area contributed by atoms with Gasteiger partial charge in [0, 0.05) is 23.7 Å². The molecular formula is C19H18O2. The molecule has 106 valence electrons. The van der Waals surface area contributed by atoms with E-state index < -0.39 is 0 Å². The lowest BCUT2D eigenvalue weighted by molar-refractivity contribution is -0.118. The summed E-state index contributed by atoms with van der Waals surface area (Å²) >= 11 is 0. The van der Waals surface area contributed by atoms with Crippen LogP contribution in [0.2, 0.25) is 0 Å². The molecule has 2 aliphatic carbocycles. The molecule has 2 aromatic carbocycles. The highest BCUT2D eigenvalue weighted by atomic mass is 16.5. The number of rotatable bonds is 3. The summed E-state index contributed by atoms with van der Waals surface area (Å²) in [6, 6.07) is 18.8. The first-order valence-corrected chi connectivity index (χ1v) is 7.42. The molecular weight excluding hydrogens is 260 g/mol. The maximum atomic E-state index is 12.1. The molecule has 0 spiro atoms. The summed E-state index contributed by atoms with van der Waals surface area (Å²) < 4.78 is 5.24. The zero-order chi connectivity index (χ0) is 14.5. The zero-order valence-corrected chi connectivity index (χ0v) is 12.1. The van der Waals surface area contributed by atoms with Crippen LogP contribution in [-0.2, 0) is 15.6 Å². The molecule has 21 heavy (non-hydrogen) atoms. The minimum Gasteiger partial charge on any atom is -0.497 e. The van der Waals surface area contributed by atoms with Gasteiger partial charge in [0.1, 0.15) is 11.5 Å². The minimum absolute atomic E-state index is 0.0116. The number of carbonyl (C=O) groups is 1. The summed E-state index contributed by atoms with van der Waals surface area (Å²) in [5.74, 6) is 1.26. The summed E-state index contributed by atoms with van der Waals surface area (Å²) in [5.41, 5.74) is 2.63. The third-order valence-electron chi connectivity index (χ3n) is 5.36. The van der Waals surface area contributed by atoms with Crippen LogP contribution in [0.5, 0.6) is 5.75 Å². The molecule has 2 fully saturated rings. The first kappa shape index (κ1) is 12.6. The van der Waals surface area contributed by atoms with Gasteiger partial charge in [-0.15, -0.1) is 0 Å². The van der Waals surface area contributed by atoms with Crippen molar-refractivity contribution in [1.29, 1.82) is 0 Å². The number of carbonyl (C=O) groups excluding carboxylic acids is 1. The molecule has 2 aliphatic rings. The summed E-state index contributed by atoms with van der Waals surface area (Å²) in [6.45, 7) is 0. The number of ketones is 1. The Morgan fingerprint density at radius 3 is 2.00 bits per heavy atom. The summed E-state index contributed by atoms with van der Waals surface area (Å²) in [5, 5.41) is 0. The predicted molar refractivity (Wildman–Crippen MR) is 81.7 cm³/mol. The van der Waals surface area contributed by atoms with E-state index in [9.17, 15) is 4.79 Å². The Kier molecular flexibility index (Phi) is 2.53. The highest BCUT2D eigenvalue weighted by Gasteiger charge is 2.73. The normalized spacial score (nSPS) is 30.0. The van der Waals surface area contributed by atoms with Crippen molar-refractivity contribution < 1.29 is 9.53 Å². The standard InChI is InChI=1S/C19H18O2/c1-21-17-9-7-15(8-10-17)19-12-16(20)11-18(19,13-19)14-5-3-2-4-6-14/h2-10H,11-13H2,1H3. The van der Waals surface area contributed by atoms with Gasteiger partial charge < -0.3 is 4.74 Å². The Balaban J connectivity index is 1.78. The smallest absolute Gasteiger partial charge is 0.134 e. The van der Waals surface area contributed by atoms with Gasteiger partial charge in [0.2, 0.25) is 0 Å². The number of fused-ring (bicyclic) bond motifs is 1. The average molecular weight is 278 g/mol. The van der Waals surface area contributed by atoms with E-state index in [1.54, 1.807) is 7.11 Å². The summed E-state index contributed by atoms with van der Waals surface area (Å²) in [6.07, 6.45) is 2.44. The predicted octanol–water partition coefficient (Wildman–Crippen LogP) is 3.64. The molecule has 4 rings (SSSR count). The molecule has 0 heterocycles. The number of methoxy groups -OCH3 is 1. The second kappa shape index (κ2) is 4.20. The molecule has 2 aromatic rings. The third kappa shape index (κ3) is 1.62. The zero-order valence-electron chi connectivity index (χ0n) is 12.1. The number of benzene rings is 2. The number of ether oxygens (including phenoxy) is 1. The Hall–Kier alpha value is -2.09. The van der Waals surface area contributed by atoms with Crippen LogP contribution in [-0.4, -0.2) is 12.9 Å². The maximum absolute atomic E-state index is 12.1. The van der Waals surface area contributed by atoms with E-state index in [2.05, 4.69) is 36.4 Å². The van der Waals surface area contributed by atoms with Gasteiger partial charge in [-0.25, -0.2) is 0 Å². The Bertz CT molecular complexity index is 689. The van der Waals surface area contributed by atoms with E-state index in [4.69, 9.17) is 4.74 Å². The van der Waals surface area contributed by atoms with Crippen molar-refractivity contribution in [2.24, 2.45) is 0 Å². The molecule has 0 bridgehead atoms. The van der Waals surface area contributed by atoms with Gasteiger partial charge in [0.05, 0.1) is 7.11 Å². The molecule has 2 saturated carbocycles. The van der Waals surface area contributed by atoms with Crippen LogP contribution in [0.3, 0.4) is 0 Å². The van der Waals surface area contributed by atoms with Crippen LogP contribution in [0, 0.1) is 0 Å². The van der Waals surface area contributed by atoms with E-state index in [-0.39, 0.29) is 10.8 Å². The van der Waals surface area contributed by atoms with Gasteiger partial charge in [0.15, 0.2) is 0 Å². The van der Waals surface area contributed by atoms with Crippen molar-refractivity contribution in [3.05, 3.63) is 65.7 Å². The van der Waals surface area contributed by atoms with Crippen molar-refractivity contribution in [3.63, 3.8) is 0 Å². The lowest BCUT2D eigenvalue weighted by Crippen LogP contribution is -2.16. The van der Waals surface area contributed by atoms with E-state index in [1.807, 2.05) is 18.2 Å². The largest absolute Gasteiger partial charge is 0.497 e. The topological polar surface area (TPSA) is 26.3 Å². The number of hydrogen-bond donors (Lipinski definition) is 0. The van der Waals surface area contributed by atoms with Gasteiger partial charge >= 0.3 is 0 Å². The summed E-state index contributed by atoms with van der Waals surface area (Å²) in [4.78, 5) is 12.1. The highest BCUT2D eigenvalue weighted by molar-refractivity contribution is 5.89. The Morgan fingerprint density at radius 1 is 0.857 bits per heavy atom. The fraction of sp³-hybridized carbons (Fsp3) is 0.316. The number of hydrogen-bond acceptors (Lipinski definition) is 2. The average Bonchev–Trinajstić information content (AvgIpc) is 3.07. The first-order chi connectivity index (χ1) is 10.2. The fourth-order valence-electron chi connectivity index (χ4n) is 4.30. The lowest BCUT2D eigenvalue weighted by Gasteiger charge is -2.19. The SMILES string of the molecule is COc1ccc(C23CC(=O)CC2(c2ccccc2)C3)cc1. The van der Waals surface area contributed by atoms with E-state index in [0.717, 1.165) is 12.2 Å². The van der Waals surface area contributed by atoms with Gasteiger partial charge in [-0.1, -0.05) is 42.5 Å². The van der Waals surface area contributed by atoms with E-state index in [0.29, 0.717) is 18.6 Å². The van der Waals surface area contributed by atoms with Crippen LogP contribution < -0.4 is 4.74 Å². The van der Waals surface area contributed by atoms with Crippen LogP contribution in [0.4, 0.5) is 0 Å². The maximum Gasteiger partial charge on any atom is 0.134 e. The van der Waals surface area contributed by atoms with Crippen molar-refractivity contribution in [2.75, 3.05) is 7.11 Å². The second-order valence-electron chi connectivity index (χ2n) is 6.33. The molecule has 2 unspecified atom stereocenters. The van der Waals surface area contributed by atoms with Crippen LogP contribution in [0.1, 0.15) is 30.4 Å². The van der Waals surface area contributed by atoms with E-state index >= 15 is 0 Å². The quantitative estimate of drug-likeness (QED) is 0.857. The monoisotopic (exact) mass is 278 g/mol. The molecule has 0 aromatic heterocycles. The Labute approximate surface area is 124 Å². The molecule has 0 amide bonds. The molecule has 0 N–H and O–H groups in total. The molecule has 0 radical (unpaired) electrons. The van der Waals surface area contributed by atoms with Gasteiger partial charge in [-0.2, -0.15) is 0 Å². The van der Waals surface area contributed by atoms with Crippen molar-refractivity contribution in [2.45, 2.75) is 30.1 Å². The molecule has 0 aliphatic heterocycles. The van der Waals surface area contributed by atoms with Crippen molar-refractivity contribution >= 4 is 5.78 Å². The van der Waals surface area contributed by atoms with Crippen LogP contribution in [0.15, 0.2) is 54.6 Å². The second-order valence-corrected chi connectivity index (χ2v) is 6.33. The van der Waals surface area contributed by atoms with Gasteiger partial charge in [-0.05, 0) is 29.7 Å². The van der Waals surface area contributed by atoms with Crippen molar-refractivity contribution in [3.8, 4) is 5.75 Å². The Morgan fingerprint density at radius 2 is 1.43 bits per heavy atom. The highest BCUT2D eigenvalue weighted by Crippen LogP contribution is 2.73. The van der Waals surface area contributed by atoms with Crippen LogP contribution in [0.25, 0.3) is 0 Å². The van der Waals surface area contributed by atoms with E-state index in [1.165, 1.54) is 11.1 Å². The van der Waals surface area contributed by atoms with Gasteiger partial charge in [0.25, 0.3) is 0 Å². The first-order valence-electron chi connectivity index (χ1n) is 7.42. The molecule has 2 heteroatoms. The van der Waals surface area contributed by atoms with Crippen LogP contribution >= 0.6 is 0 Å². The minimum atomic E-state index is 0.0116. The number of Topliss-reactive ketones (excluding diaryl/α,β-unsaturated/α-hetero) is 1. The summed E-state index contributed by atoms with van der Waals surface area (Å²) in [7, 11) is 1.68. The lowest BCUT2D eigenvalue weighted by atomic mass is 9.84. The van der Waals surface area contributed by atoms with Crippen molar-refractivity contribution in [1.82, 2.24) is 0 Å². The third-order valence-corrected chi connectivity index (χ3v) is 5.36. The molecule has 2 atom stereocenters. The molecule has 2 nitrogen and oxygen atoms in total. The fourth-order valence-corrected chi connectivity index (χ4v) is 4.30. The molecule has 0 saturated heterocycles. The van der Waals surface area contributed by atoms with Gasteiger partial charge in [-0.3, -0.25) is 4.79 Å².